The van der Waals surface area contributed by atoms with Gasteiger partial charge in [-0.05, 0) is 62.1 Å². The third-order valence-corrected chi connectivity index (χ3v) is 7.49. The summed E-state index contributed by atoms with van der Waals surface area (Å²) in [6, 6.07) is 11.8. The summed E-state index contributed by atoms with van der Waals surface area (Å²) in [6.45, 7) is 3.07. The number of sulfonamides is 1. The maximum Gasteiger partial charge on any atom is 0.244 e. The van der Waals surface area contributed by atoms with Crippen LogP contribution < -0.4 is 9.62 Å². The first-order valence-electron chi connectivity index (χ1n) is 11.9. The van der Waals surface area contributed by atoms with Gasteiger partial charge < -0.3 is 10.2 Å². The summed E-state index contributed by atoms with van der Waals surface area (Å²) in [4.78, 5) is 28.0. The highest BCUT2D eigenvalue weighted by atomic mass is 32.2. The third kappa shape index (κ3) is 7.52. The molecule has 2 aromatic carbocycles. The van der Waals surface area contributed by atoms with Crippen molar-refractivity contribution in [3.05, 3.63) is 65.5 Å². The molecular weight excluding hydrogens is 469 g/mol. The molecule has 190 valence electrons. The van der Waals surface area contributed by atoms with Gasteiger partial charge in [0.25, 0.3) is 0 Å². The number of aryl methyl sites for hydroxylation is 1. The van der Waals surface area contributed by atoms with E-state index in [9.17, 15) is 22.4 Å². The van der Waals surface area contributed by atoms with Gasteiger partial charge in [0.1, 0.15) is 18.4 Å². The summed E-state index contributed by atoms with van der Waals surface area (Å²) < 4.78 is 39.7. The smallest absolute Gasteiger partial charge is 0.244 e. The Morgan fingerprint density at radius 1 is 1.09 bits per heavy atom. The topological polar surface area (TPSA) is 86.8 Å². The van der Waals surface area contributed by atoms with Crippen molar-refractivity contribution in [2.75, 3.05) is 17.1 Å². The SMILES string of the molecule is Cc1cccc(N(CC(=O)N(Cc2ccc(F)cc2)[C@@H](C)C(=O)NC2CCCCC2)S(C)(=O)=O)c1. The van der Waals surface area contributed by atoms with E-state index in [2.05, 4.69) is 5.32 Å². The number of halogens is 1. The molecule has 1 saturated carbocycles. The molecule has 0 aromatic heterocycles. The van der Waals surface area contributed by atoms with Crippen molar-refractivity contribution < 1.29 is 22.4 Å². The molecule has 0 spiro atoms. The van der Waals surface area contributed by atoms with Crippen molar-refractivity contribution in [1.29, 1.82) is 0 Å². The van der Waals surface area contributed by atoms with E-state index in [0.29, 0.717) is 11.3 Å². The molecule has 1 N–H and O–H groups in total. The number of hydrogen-bond acceptors (Lipinski definition) is 4. The first kappa shape index (κ1) is 26.7. The highest BCUT2D eigenvalue weighted by molar-refractivity contribution is 7.92. The highest BCUT2D eigenvalue weighted by Gasteiger charge is 2.31. The molecule has 0 saturated heterocycles. The average Bonchev–Trinajstić information content (AvgIpc) is 2.81. The fraction of sp³-hybridized carbons (Fsp3) is 0.462. The Kier molecular flexibility index (Phi) is 8.88. The second-order valence-electron chi connectivity index (χ2n) is 9.28. The zero-order valence-electron chi connectivity index (χ0n) is 20.5. The standard InChI is InChI=1S/C26H34FN3O4S/c1-19-8-7-11-24(16-19)30(35(3,33)34)18-25(31)29(17-21-12-14-22(27)15-13-21)20(2)26(32)28-23-9-5-4-6-10-23/h7-8,11-16,20,23H,4-6,9-10,17-18H2,1-3H3,(H,28,32)/t20-/m0/s1. The van der Waals surface area contributed by atoms with E-state index < -0.39 is 34.3 Å². The molecule has 0 aliphatic heterocycles. The summed E-state index contributed by atoms with van der Waals surface area (Å²) in [5.74, 6) is -1.21. The molecule has 1 atom stereocenters. The molecule has 1 aliphatic rings. The van der Waals surface area contributed by atoms with Gasteiger partial charge in [0.15, 0.2) is 0 Å². The molecule has 2 aromatic rings. The van der Waals surface area contributed by atoms with Crippen LogP contribution in [0.15, 0.2) is 48.5 Å². The van der Waals surface area contributed by atoms with Crippen LogP contribution in [0.2, 0.25) is 0 Å². The molecule has 0 heterocycles. The number of carbonyl (C=O) groups excluding carboxylic acids is 2. The lowest BCUT2D eigenvalue weighted by Gasteiger charge is -2.33. The number of carbonyl (C=O) groups is 2. The van der Waals surface area contributed by atoms with Crippen LogP contribution in [0.3, 0.4) is 0 Å². The summed E-state index contributed by atoms with van der Waals surface area (Å²) in [5, 5.41) is 3.05. The molecule has 3 rings (SSSR count). The van der Waals surface area contributed by atoms with Crippen LogP contribution in [-0.4, -0.2) is 50.0 Å². The Balaban J connectivity index is 1.86. The molecule has 7 nitrogen and oxygen atoms in total. The molecule has 2 amide bonds. The van der Waals surface area contributed by atoms with Crippen molar-refractivity contribution in [1.82, 2.24) is 10.2 Å². The van der Waals surface area contributed by atoms with E-state index in [4.69, 9.17) is 0 Å². The van der Waals surface area contributed by atoms with Crippen LogP contribution in [0.4, 0.5) is 10.1 Å². The molecule has 0 bridgehead atoms. The summed E-state index contributed by atoms with van der Waals surface area (Å²) >= 11 is 0. The van der Waals surface area contributed by atoms with Crippen molar-refractivity contribution in [3.63, 3.8) is 0 Å². The summed E-state index contributed by atoms with van der Waals surface area (Å²) in [5.41, 5.74) is 1.87. The predicted octanol–water partition coefficient (Wildman–Crippen LogP) is 3.77. The van der Waals surface area contributed by atoms with Crippen LogP contribution >= 0.6 is 0 Å². The van der Waals surface area contributed by atoms with E-state index in [-0.39, 0.29) is 18.5 Å². The number of nitrogens with one attached hydrogen (secondary N) is 1. The minimum atomic E-state index is -3.77. The Morgan fingerprint density at radius 2 is 1.74 bits per heavy atom. The van der Waals surface area contributed by atoms with E-state index >= 15 is 0 Å². The van der Waals surface area contributed by atoms with Crippen LogP contribution in [0, 0.1) is 12.7 Å². The van der Waals surface area contributed by atoms with Gasteiger partial charge in [-0.2, -0.15) is 0 Å². The third-order valence-electron chi connectivity index (χ3n) is 6.35. The minimum Gasteiger partial charge on any atom is -0.352 e. The van der Waals surface area contributed by atoms with Gasteiger partial charge in [-0.15, -0.1) is 0 Å². The predicted molar refractivity (Wildman–Crippen MR) is 135 cm³/mol. The lowest BCUT2D eigenvalue weighted by molar-refractivity contribution is -0.139. The molecule has 35 heavy (non-hydrogen) atoms. The maximum absolute atomic E-state index is 13.5. The van der Waals surface area contributed by atoms with Gasteiger partial charge in [-0.25, -0.2) is 12.8 Å². The van der Waals surface area contributed by atoms with E-state index in [0.717, 1.165) is 48.2 Å². The van der Waals surface area contributed by atoms with Crippen molar-refractivity contribution in [2.45, 2.75) is 64.6 Å². The largest absolute Gasteiger partial charge is 0.352 e. The zero-order valence-corrected chi connectivity index (χ0v) is 21.4. The monoisotopic (exact) mass is 503 g/mol. The maximum atomic E-state index is 13.5. The number of rotatable bonds is 9. The Hall–Kier alpha value is -2.94. The van der Waals surface area contributed by atoms with Crippen LogP contribution in [0.1, 0.15) is 50.2 Å². The van der Waals surface area contributed by atoms with Crippen LogP contribution in [-0.2, 0) is 26.2 Å². The fourth-order valence-corrected chi connectivity index (χ4v) is 5.18. The minimum absolute atomic E-state index is 0.0454. The van der Waals surface area contributed by atoms with Crippen LogP contribution in [0.25, 0.3) is 0 Å². The highest BCUT2D eigenvalue weighted by Crippen LogP contribution is 2.21. The zero-order chi connectivity index (χ0) is 25.6. The molecular formula is C26H34FN3O4S. The molecule has 1 fully saturated rings. The first-order valence-corrected chi connectivity index (χ1v) is 13.8. The second-order valence-corrected chi connectivity index (χ2v) is 11.2. The summed E-state index contributed by atoms with van der Waals surface area (Å²) in [7, 11) is -3.77. The number of benzene rings is 2. The molecule has 0 radical (unpaired) electrons. The second kappa shape index (κ2) is 11.7. The number of anilines is 1. The number of hydrogen-bond donors (Lipinski definition) is 1. The lowest BCUT2D eigenvalue weighted by Crippen LogP contribution is -2.52. The average molecular weight is 504 g/mol. The first-order chi connectivity index (χ1) is 16.5. The Morgan fingerprint density at radius 3 is 2.34 bits per heavy atom. The fourth-order valence-electron chi connectivity index (χ4n) is 4.33. The van der Waals surface area contributed by atoms with Gasteiger partial charge >= 0.3 is 0 Å². The van der Waals surface area contributed by atoms with Crippen molar-refractivity contribution >= 4 is 27.5 Å². The molecule has 9 heteroatoms. The van der Waals surface area contributed by atoms with E-state index in [1.807, 2.05) is 13.0 Å². The van der Waals surface area contributed by atoms with Crippen LogP contribution in [0.5, 0.6) is 0 Å². The van der Waals surface area contributed by atoms with Gasteiger partial charge in [0, 0.05) is 12.6 Å². The van der Waals surface area contributed by atoms with Crippen molar-refractivity contribution in [3.8, 4) is 0 Å². The van der Waals surface area contributed by atoms with Gasteiger partial charge in [-0.3, -0.25) is 13.9 Å². The molecule has 1 aliphatic carbocycles. The van der Waals surface area contributed by atoms with Gasteiger partial charge in [-0.1, -0.05) is 43.5 Å². The quantitative estimate of drug-likeness (QED) is 0.565. The normalized spacial score (nSPS) is 15.3. The number of amides is 2. The lowest BCUT2D eigenvalue weighted by atomic mass is 9.95. The van der Waals surface area contributed by atoms with E-state index in [1.54, 1.807) is 37.3 Å². The Bertz CT molecular complexity index is 1130. The Labute approximate surface area is 207 Å². The van der Waals surface area contributed by atoms with Gasteiger partial charge in [0.2, 0.25) is 21.8 Å². The summed E-state index contributed by atoms with van der Waals surface area (Å²) in [6.07, 6.45) is 6.11. The number of nitrogens with zero attached hydrogens (tertiary/aromatic N) is 2. The van der Waals surface area contributed by atoms with Crippen molar-refractivity contribution in [2.24, 2.45) is 0 Å². The van der Waals surface area contributed by atoms with E-state index in [1.165, 1.54) is 17.0 Å². The molecule has 0 unspecified atom stereocenters. The van der Waals surface area contributed by atoms with Gasteiger partial charge in [0.05, 0.1) is 11.9 Å².